The highest BCUT2D eigenvalue weighted by atomic mass is 14.5. The van der Waals surface area contributed by atoms with Gasteiger partial charge in [-0.05, 0) is 44.1 Å². The average Bonchev–Trinajstić information content (AvgIpc) is 2.15. The Labute approximate surface area is 82.4 Å². The van der Waals surface area contributed by atoms with Gasteiger partial charge in [-0.25, -0.2) is 0 Å². The first kappa shape index (κ1) is 10.8. The molecule has 1 aliphatic carbocycles. The van der Waals surface area contributed by atoms with Gasteiger partial charge in [-0.3, -0.25) is 0 Å². The van der Waals surface area contributed by atoms with Gasteiger partial charge in [0.1, 0.15) is 0 Å². The molecule has 1 heteroatoms. The van der Waals surface area contributed by atoms with Gasteiger partial charge in [0.25, 0.3) is 0 Å². The maximum atomic E-state index is 5.52. The Bertz CT molecular complexity index is 170. The van der Waals surface area contributed by atoms with Crippen LogP contribution < -0.4 is 5.73 Å². The SMILES string of the molecule is CC(C)C1CCCCC1=CCCN. The topological polar surface area (TPSA) is 26.0 Å². The smallest absolute Gasteiger partial charge is 0.00425 e. The Morgan fingerprint density at radius 3 is 2.85 bits per heavy atom. The van der Waals surface area contributed by atoms with Crippen molar-refractivity contribution in [3.8, 4) is 0 Å². The van der Waals surface area contributed by atoms with Crippen LogP contribution in [0.15, 0.2) is 11.6 Å². The molecular weight excluding hydrogens is 158 g/mol. The van der Waals surface area contributed by atoms with E-state index in [2.05, 4.69) is 19.9 Å². The van der Waals surface area contributed by atoms with E-state index in [1.54, 1.807) is 5.57 Å². The molecule has 0 bridgehead atoms. The number of rotatable bonds is 3. The second-order valence-electron chi connectivity index (χ2n) is 4.45. The van der Waals surface area contributed by atoms with E-state index < -0.39 is 0 Å². The van der Waals surface area contributed by atoms with Crippen molar-refractivity contribution >= 4 is 0 Å². The lowest BCUT2D eigenvalue weighted by Crippen LogP contribution is -2.16. The van der Waals surface area contributed by atoms with Crippen LogP contribution in [0.25, 0.3) is 0 Å². The van der Waals surface area contributed by atoms with Crippen LogP contribution in [0.1, 0.15) is 46.0 Å². The molecule has 0 aromatic carbocycles. The second kappa shape index (κ2) is 5.43. The maximum Gasteiger partial charge on any atom is -0.00425 e. The van der Waals surface area contributed by atoms with Crippen molar-refractivity contribution in [1.29, 1.82) is 0 Å². The minimum absolute atomic E-state index is 0.800. The van der Waals surface area contributed by atoms with E-state index in [-0.39, 0.29) is 0 Å². The average molecular weight is 181 g/mol. The van der Waals surface area contributed by atoms with Crippen molar-refractivity contribution in [1.82, 2.24) is 0 Å². The second-order valence-corrected chi connectivity index (χ2v) is 4.45. The highest BCUT2D eigenvalue weighted by Gasteiger charge is 2.20. The van der Waals surface area contributed by atoms with Crippen molar-refractivity contribution in [2.75, 3.05) is 6.54 Å². The van der Waals surface area contributed by atoms with Crippen molar-refractivity contribution < 1.29 is 0 Å². The molecule has 0 heterocycles. The number of hydrogen-bond acceptors (Lipinski definition) is 1. The standard InChI is InChI=1S/C12H23N/c1-10(2)12-8-4-3-6-11(12)7-5-9-13/h7,10,12H,3-6,8-9,13H2,1-2H3. The monoisotopic (exact) mass is 181 g/mol. The molecule has 0 aromatic rings. The molecule has 0 amide bonds. The first-order valence-corrected chi connectivity index (χ1v) is 5.64. The fourth-order valence-corrected chi connectivity index (χ4v) is 2.35. The Kier molecular flexibility index (Phi) is 4.51. The lowest BCUT2D eigenvalue weighted by atomic mass is 9.77. The van der Waals surface area contributed by atoms with Gasteiger partial charge in [0.15, 0.2) is 0 Å². The first-order valence-electron chi connectivity index (χ1n) is 5.64. The van der Waals surface area contributed by atoms with E-state index in [0.717, 1.165) is 24.8 Å². The van der Waals surface area contributed by atoms with E-state index in [1.165, 1.54) is 25.7 Å². The van der Waals surface area contributed by atoms with Crippen LogP contribution >= 0.6 is 0 Å². The predicted octanol–water partition coefficient (Wildman–Crippen LogP) is 3.11. The normalized spacial score (nSPS) is 27.1. The summed E-state index contributed by atoms with van der Waals surface area (Å²) in [6.45, 7) is 5.48. The van der Waals surface area contributed by atoms with Gasteiger partial charge in [-0.15, -0.1) is 0 Å². The van der Waals surface area contributed by atoms with Gasteiger partial charge in [0.05, 0.1) is 0 Å². The van der Waals surface area contributed by atoms with E-state index in [1.807, 2.05) is 0 Å². The summed E-state index contributed by atoms with van der Waals surface area (Å²) < 4.78 is 0. The molecule has 0 aromatic heterocycles. The molecule has 0 spiro atoms. The number of hydrogen-bond donors (Lipinski definition) is 1. The van der Waals surface area contributed by atoms with Gasteiger partial charge in [0.2, 0.25) is 0 Å². The third-order valence-corrected chi connectivity index (χ3v) is 3.08. The molecule has 0 saturated heterocycles. The zero-order valence-electron chi connectivity index (χ0n) is 9.05. The summed E-state index contributed by atoms with van der Waals surface area (Å²) in [6.07, 6.45) is 8.99. The van der Waals surface area contributed by atoms with Gasteiger partial charge < -0.3 is 5.73 Å². The van der Waals surface area contributed by atoms with Crippen molar-refractivity contribution in [2.45, 2.75) is 46.0 Å². The highest BCUT2D eigenvalue weighted by Crippen LogP contribution is 2.34. The molecule has 13 heavy (non-hydrogen) atoms. The zero-order chi connectivity index (χ0) is 9.68. The Balaban J connectivity index is 2.56. The minimum Gasteiger partial charge on any atom is -0.330 e. The van der Waals surface area contributed by atoms with Crippen molar-refractivity contribution in [3.05, 3.63) is 11.6 Å². The van der Waals surface area contributed by atoms with Crippen LogP contribution in [0, 0.1) is 11.8 Å². The quantitative estimate of drug-likeness (QED) is 0.665. The summed E-state index contributed by atoms with van der Waals surface area (Å²) in [7, 11) is 0. The molecule has 76 valence electrons. The van der Waals surface area contributed by atoms with Gasteiger partial charge in [-0.2, -0.15) is 0 Å². The van der Waals surface area contributed by atoms with E-state index in [4.69, 9.17) is 5.73 Å². The molecule has 0 aliphatic heterocycles. The summed E-state index contributed by atoms with van der Waals surface area (Å²) in [5.41, 5.74) is 7.21. The third kappa shape index (κ3) is 3.15. The fourth-order valence-electron chi connectivity index (χ4n) is 2.35. The van der Waals surface area contributed by atoms with Crippen LogP contribution in [-0.4, -0.2) is 6.54 Å². The Morgan fingerprint density at radius 1 is 1.46 bits per heavy atom. The van der Waals surface area contributed by atoms with Crippen LogP contribution in [0.5, 0.6) is 0 Å². The van der Waals surface area contributed by atoms with Crippen LogP contribution in [0.2, 0.25) is 0 Å². The molecular formula is C12H23N. The van der Waals surface area contributed by atoms with Crippen molar-refractivity contribution in [3.63, 3.8) is 0 Å². The van der Waals surface area contributed by atoms with Gasteiger partial charge in [0, 0.05) is 0 Å². The van der Waals surface area contributed by atoms with E-state index in [0.29, 0.717) is 0 Å². The van der Waals surface area contributed by atoms with Crippen molar-refractivity contribution in [2.24, 2.45) is 17.6 Å². The molecule has 2 N–H and O–H groups in total. The molecule has 1 aliphatic rings. The van der Waals surface area contributed by atoms with E-state index in [9.17, 15) is 0 Å². The highest BCUT2D eigenvalue weighted by molar-refractivity contribution is 5.10. The molecule has 1 unspecified atom stereocenters. The largest absolute Gasteiger partial charge is 0.330 e. The lowest BCUT2D eigenvalue weighted by molar-refractivity contribution is 0.355. The third-order valence-electron chi connectivity index (χ3n) is 3.08. The first-order chi connectivity index (χ1) is 6.25. The molecule has 1 rings (SSSR count). The number of allylic oxidation sites excluding steroid dienone is 1. The summed E-state index contributed by atoms with van der Waals surface area (Å²) in [5.74, 6) is 1.66. The summed E-state index contributed by atoms with van der Waals surface area (Å²) >= 11 is 0. The summed E-state index contributed by atoms with van der Waals surface area (Å²) in [4.78, 5) is 0. The molecule has 1 nitrogen and oxygen atoms in total. The lowest BCUT2D eigenvalue weighted by Gasteiger charge is -2.28. The van der Waals surface area contributed by atoms with Crippen LogP contribution in [0.3, 0.4) is 0 Å². The fraction of sp³-hybridized carbons (Fsp3) is 0.833. The van der Waals surface area contributed by atoms with Crippen LogP contribution in [0.4, 0.5) is 0 Å². The van der Waals surface area contributed by atoms with Gasteiger partial charge in [-0.1, -0.05) is 31.9 Å². The molecule has 1 fully saturated rings. The summed E-state index contributed by atoms with van der Waals surface area (Å²) in [6, 6.07) is 0. The molecule has 1 atom stereocenters. The summed E-state index contributed by atoms with van der Waals surface area (Å²) in [5, 5.41) is 0. The minimum atomic E-state index is 0.800. The predicted molar refractivity (Wildman–Crippen MR) is 58.6 cm³/mol. The number of nitrogens with two attached hydrogens (primary N) is 1. The van der Waals surface area contributed by atoms with Crippen LogP contribution in [-0.2, 0) is 0 Å². The molecule has 0 radical (unpaired) electrons. The van der Waals surface area contributed by atoms with E-state index >= 15 is 0 Å². The Hall–Kier alpha value is -0.300. The van der Waals surface area contributed by atoms with Gasteiger partial charge >= 0.3 is 0 Å². The Morgan fingerprint density at radius 2 is 2.23 bits per heavy atom. The zero-order valence-corrected chi connectivity index (χ0v) is 9.05. The molecule has 1 saturated carbocycles. The maximum absolute atomic E-state index is 5.52.